The van der Waals surface area contributed by atoms with Crippen LogP contribution in [0.2, 0.25) is 0 Å². The topological polar surface area (TPSA) is 57.7 Å². The van der Waals surface area contributed by atoms with E-state index >= 15 is 0 Å². The van der Waals surface area contributed by atoms with Crippen molar-refractivity contribution in [1.29, 1.82) is 0 Å². The van der Waals surface area contributed by atoms with Crippen molar-refractivity contribution >= 4 is 15.9 Å². The molecule has 0 bridgehead atoms. The van der Waals surface area contributed by atoms with Crippen LogP contribution in [0.4, 0.5) is 4.39 Å². The normalized spacial score (nSPS) is 15.5. The van der Waals surface area contributed by atoms with Gasteiger partial charge >= 0.3 is 0 Å². The molecule has 3 rings (SSSR count). The molecule has 0 N–H and O–H groups in total. The van der Waals surface area contributed by atoms with Crippen molar-refractivity contribution in [3.63, 3.8) is 0 Å². The summed E-state index contributed by atoms with van der Waals surface area (Å²) < 4.78 is 40.9. The summed E-state index contributed by atoms with van der Waals surface area (Å²) in [5.74, 6) is -0.376. The molecule has 1 aliphatic rings. The molecule has 1 amide bonds. The van der Waals surface area contributed by atoms with Crippen molar-refractivity contribution in [3.8, 4) is 0 Å². The monoisotopic (exact) mass is 418 g/mol. The summed E-state index contributed by atoms with van der Waals surface area (Å²) >= 11 is 0. The van der Waals surface area contributed by atoms with E-state index in [1.807, 2.05) is 19.9 Å². The molecule has 2 aromatic carbocycles. The zero-order valence-electron chi connectivity index (χ0n) is 17.2. The summed E-state index contributed by atoms with van der Waals surface area (Å²) in [6, 6.07) is 10.5. The predicted octanol–water partition coefficient (Wildman–Crippen LogP) is 3.75. The minimum Gasteiger partial charge on any atom is -0.338 e. The second kappa shape index (κ2) is 8.24. The zero-order chi connectivity index (χ0) is 21.3. The number of carbonyl (C=O) groups is 1. The van der Waals surface area contributed by atoms with E-state index in [0.29, 0.717) is 18.7 Å². The largest absolute Gasteiger partial charge is 0.338 e. The Balaban J connectivity index is 1.87. The van der Waals surface area contributed by atoms with Crippen LogP contribution in [-0.2, 0) is 27.8 Å². The Hall–Kier alpha value is -2.25. The van der Waals surface area contributed by atoms with Crippen LogP contribution in [0.25, 0.3) is 0 Å². The second-order valence-electron chi connectivity index (χ2n) is 7.84. The number of carbonyl (C=O) groups excluding carboxylic acids is 1. The molecule has 0 aromatic heterocycles. The molecule has 0 radical (unpaired) electrons. The fraction of sp³-hybridized carbons (Fsp3) is 0.409. The molecule has 0 saturated heterocycles. The first-order valence-corrected chi connectivity index (χ1v) is 11.2. The van der Waals surface area contributed by atoms with E-state index < -0.39 is 16.1 Å². The number of fused-ring (bicyclic) bond motifs is 1. The number of amides is 1. The van der Waals surface area contributed by atoms with E-state index in [4.69, 9.17) is 0 Å². The van der Waals surface area contributed by atoms with Gasteiger partial charge in [0.15, 0.2) is 0 Å². The van der Waals surface area contributed by atoms with Crippen LogP contribution in [0, 0.1) is 11.7 Å². The van der Waals surface area contributed by atoms with Crippen LogP contribution in [-0.4, -0.2) is 37.1 Å². The summed E-state index contributed by atoms with van der Waals surface area (Å²) in [4.78, 5) is 14.3. The maximum Gasteiger partial charge on any atom is 0.243 e. The molecular formula is C22H27FN2O3S. The van der Waals surface area contributed by atoms with Gasteiger partial charge in [-0.25, -0.2) is 12.8 Å². The lowest BCUT2D eigenvalue weighted by atomic mass is 9.99. The van der Waals surface area contributed by atoms with Crippen molar-refractivity contribution in [2.24, 2.45) is 5.92 Å². The smallest absolute Gasteiger partial charge is 0.243 e. The number of rotatable bonds is 5. The van der Waals surface area contributed by atoms with E-state index in [0.717, 1.165) is 17.5 Å². The highest BCUT2D eigenvalue weighted by atomic mass is 32.2. The molecule has 0 fully saturated rings. The van der Waals surface area contributed by atoms with Gasteiger partial charge in [0.25, 0.3) is 0 Å². The number of hydrogen-bond donors (Lipinski definition) is 0. The summed E-state index contributed by atoms with van der Waals surface area (Å²) in [5, 5.41) is 0. The van der Waals surface area contributed by atoms with Crippen LogP contribution in [0.15, 0.2) is 47.4 Å². The average molecular weight is 419 g/mol. The highest BCUT2D eigenvalue weighted by Crippen LogP contribution is 2.29. The van der Waals surface area contributed by atoms with E-state index in [1.54, 1.807) is 36.1 Å². The minimum absolute atomic E-state index is 0.0750. The maximum absolute atomic E-state index is 13.2. The van der Waals surface area contributed by atoms with Gasteiger partial charge in [-0.1, -0.05) is 32.0 Å². The van der Waals surface area contributed by atoms with Crippen LogP contribution in [0.5, 0.6) is 0 Å². The van der Waals surface area contributed by atoms with Crippen LogP contribution < -0.4 is 0 Å². The molecule has 2 aromatic rings. The molecule has 156 valence electrons. The number of hydrogen-bond acceptors (Lipinski definition) is 3. The third-order valence-electron chi connectivity index (χ3n) is 5.57. The summed E-state index contributed by atoms with van der Waals surface area (Å²) in [6.45, 7) is 6.58. The molecular weight excluding hydrogens is 391 g/mol. The third-order valence-corrected chi connectivity index (χ3v) is 7.49. The maximum atomic E-state index is 13.2. The lowest BCUT2D eigenvalue weighted by molar-refractivity contribution is -0.135. The Kier molecular flexibility index (Phi) is 6.10. The molecule has 29 heavy (non-hydrogen) atoms. The van der Waals surface area contributed by atoms with E-state index in [2.05, 4.69) is 0 Å². The van der Waals surface area contributed by atoms with Crippen molar-refractivity contribution in [1.82, 2.24) is 9.21 Å². The lowest BCUT2D eigenvalue weighted by Gasteiger charge is -2.31. The molecule has 1 aliphatic heterocycles. The van der Waals surface area contributed by atoms with Gasteiger partial charge < -0.3 is 4.90 Å². The lowest BCUT2D eigenvalue weighted by Crippen LogP contribution is -2.38. The number of benzene rings is 2. The van der Waals surface area contributed by atoms with E-state index in [1.165, 1.54) is 23.5 Å². The molecule has 1 heterocycles. The first-order valence-electron chi connectivity index (χ1n) is 9.75. The molecule has 5 nitrogen and oxygen atoms in total. The van der Waals surface area contributed by atoms with Gasteiger partial charge in [-0.15, -0.1) is 0 Å². The highest BCUT2D eigenvalue weighted by molar-refractivity contribution is 7.89. The first kappa shape index (κ1) is 21.5. The van der Waals surface area contributed by atoms with Crippen molar-refractivity contribution in [2.75, 3.05) is 13.6 Å². The minimum atomic E-state index is -3.75. The Morgan fingerprint density at radius 3 is 2.34 bits per heavy atom. The van der Waals surface area contributed by atoms with Gasteiger partial charge in [0.05, 0.1) is 4.90 Å². The quantitative estimate of drug-likeness (QED) is 0.743. The van der Waals surface area contributed by atoms with Gasteiger partial charge in [0.2, 0.25) is 15.9 Å². The van der Waals surface area contributed by atoms with Crippen molar-refractivity contribution in [2.45, 2.75) is 44.7 Å². The van der Waals surface area contributed by atoms with Gasteiger partial charge in [0, 0.05) is 32.1 Å². The Bertz CT molecular complexity index is 1000. The Labute approximate surface area is 172 Å². The Morgan fingerprint density at radius 2 is 1.72 bits per heavy atom. The third kappa shape index (κ3) is 4.36. The van der Waals surface area contributed by atoms with Crippen LogP contribution in [0.1, 0.15) is 43.5 Å². The number of halogens is 1. The summed E-state index contributed by atoms with van der Waals surface area (Å²) in [7, 11) is -2.22. The van der Waals surface area contributed by atoms with Gasteiger partial charge in [-0.3, -0.25) is 4.79 Å². The summed E-state index contributed by atoms with van der Waals surface area (Å²) in [5.41, 5.74) is 2.66. The molecule has 7 heteroatoms. The second-order valence-corrected chi connectivity index (χ2v) is 9.84. The van der Waals surface area contributed by atoms with Crippen molar-refractivity contribution < 1.29 is 17.6 Å². The molecule has 0 unspecified atom stereocenters. The molecule has 0 aliphatic carbocycles. The molecule has 1 atom stereocenters. The standard InChI is InChI=1S/C22H27FN2O3S/c1-15(2)22(26)25-12-11-18-7-10-21(13-19(18)14-25)29(27,28)24(4)16(3)17-5-8-20(23)9-6-17/h5-10,13,15-16H,11-12,14H2,1-4H3/t16-/m0/s1. The fourth-order valence-corrected chi connectivity index (χ4v) is 4.97. The Morgan fingerprint density at radius 1 is 1.07 bits per heavy atom. The van der Waals surface area contributed by atoms with Crippen LogP contribution in [0.3, 0.4) is 0 Å². The highest BCUT2D eigenvalue weighted by Gasteiger charge is 2.29. The van der Waals surface area contributed by atoms with Gasteiger partial charge in [-0.2, -0.15) is 4.31 Å². The number of nitrogens with zero attached hydrogens (tertiary/aromatic N) is 2. The molecule has 0 saturated carbocycles. The summed E-state index contributed by atoms with van der Waals surface area (Å²) in [6.07, 6.45) is 0.718. The van der Waals surface area contributed by atoms with E-state index in [-0.39, 0.29) is 22.5 Å². The van der Waals surface area contributed by atoms with Gasteiger partial charge in [0.1, 0.15) is 5.82 Å². The first-order chi connectivity index (χ1) is 13.6. The van der Waals surface area contributed by atoms with E-state index in [9.17, 15) is 17.6 Å². The SMILES string of the molecule is CC(C)C(=O)N1CCc2ccc(S(=O)(=O)N(C)[C@@H](C)c3ccc(F)cc3)cc2C1. The fourth-order valence-electron chi connectivity index (χ4n) is 3.57. The van der Waals surface area contributed by atoms with Crippen LogP contribution >= 0.6 is 0 Å². The molecule has 0 spiro atoms. The zero-order valence-corrected chi connectivity index (χ0v) is 18.0. The average Bonchev–Trinajstić information content (AvgIpc) is 2.71. The van der Waals surface area contributed by atoms with Gasteiger partial charge in [-0.05, 0) is 54.3 Å². The number of sulfonamides is 1. The van der Waals surface area contributed by atoms with Crippen molar-refractivity contribution in [3.05, 3.63) is 65.0 Å². The predicted molar refractivity (Wildman–Crippen MR) is 110 cm³/mol.